The molecule has 0 bridgehead atoms. The van der Waals surface area contributed by atoms with Crippen molar-refractivity contribution < 1.29 is 9.53 Å². The Labute approximate surface area is 101 Å². The molecule has 0 saturated carbocycles. The van der Waals surface area contributed by atoms with Gasteiger partial charge < -0.3 is 15.4 Å². The number of fused-ring (bicyclic) bond motifs is 1. The van der Waals surface area contributed by atoms with Gasteiger partial charge in [0.1, 0.15) is 5.75 Å². The first kappa shape index (κ1) is 11.9. The Balaban J connectivity index is 1.92. The molecule has 1 atom stereocenters. The van der Waals surface area contributed by atoms with E-state index in [0.29, 0.717) is 19.0 Å². The third kappa shape index (κ3) is 2.97. The molecule has 1 aliphatic rings. The van der Waals surface area contributed by atoms with Crippen molar-refractivity contribution in [3.8, 4) is 5.75 Å². The standard InChI is InChI=1S/C13H18N2O2/c1-14-13(16)6-8-15-11-7-9-17-12-5-3-2-4-10(11)12/h2-5,11,15H,6-9H2,1H3,(H,14,16). The number of carbonyl (C=O) groups excluding carboxylic acids is 1. The zero-order chi connectivity index (χ0) is 12.1. The molecule has 0 radical (unpaired) electrons. The number of benzene rings is 1. The van der Waals surface area contributed by atoms with E-state index in [1.165, 1.54) is 5.56 Å². The molecule has 2 N–H and O–H groups in total. The number of para-hydroxylation sites is 1. The van der Waals surface area contributed by atoms with Crippen LogP contribution in [0, 0.1) is 0 Å². The van der Waals surface area contributed by atoms with Crippen LogP contribution in [0.4, 0.5) is 0 Å². The Morgan fingerprint density at radius 3 is 3.12 bits per heavy atom. The van der Waals surface area contributed by atoms with E-state index in [1.54, 1.807) is 7.05 Å². The number of ether oxygens (including phenoxy) is 1. The number of hydrogen-bond acceptors (Lipinski definition) is 3. The van der Waals surface area contributed by atoms with Crippen LogP contribution in [0.3, 0.4) is 0 Å². The van der Waals surface area contributed by atoms with E-state index >= 15 is 0 Å². The van der Waals surface area contributed by atoms with Crippen LogP contribution in [0.2, 0.25) is 0 Å². The van der Waals surface area contributed by atoms with Crippen LogP contribution in [-0.4, -0.2) is 26.1 Å². The van der Waals surface area contributed by atoms with E-state index in [4.69, 9.17) is 4.74 Å². The van der Waals surface area contributed by atoms with Crippen molar-refractivity contribution in [3.63, 3.8) is 0 Å². The van der Waals surface area contributed by atoms with Crippen molar-refractivity contribution in [2.75, 3.05) is 20.2 Å². The molecule has 1 aromatic rings. The second-order valence-electron chi connectivity index (χ2n) is 4.10. The molecule has 0 fully saturated rings. The molecule has 0 aromatic heterocycles. The molecule has 4 nitrogen and oxygen atoms in total. The first-order chi connectivity index (χ1) is 8.31. The van der Waals surface area contributed by atoms with Crippen molar-refractivity contribution in [2.24, 2.45) is 0 Å². The van der Waals surface area contributed by atoms with Gasteiger partial charge >= 0.3 is 0 Å². The largest absolute Gasteiger partial charge is 0.493 e. The van der Waals surface area contributed by atoms with Gasteiger partial charge in [0.25, 0.3) is 0 Å². The highest BCUT2D eigenvalue weighted by atomic mass is 16.5. The van der Waals surface area contributed by atoms with E-state index in [-0.39, 0.29) is 5.91 Å². The highest BCUT2D eigenvalue weighted by Gasteiger charge is 2.20. The maximum Gasteiger partial charge on any atom is 0.221 e. The normalized spacial score (nSPS) is 18.1. The van der Waals surface area contributed by atoms with Crippen LogP contribution in [0.15, 0.2) is 24.3 Å². The van der Waals surface area contributed by atoms with Crippen LogP contribution in [0.1, 0.15) is 24.4 Å². The Hall–Kier alpha value is -1.55. The molecule has 0 aliphatic carbocycles. The lowest BCUT2D eigenvalue weighted by molar-refractivity contribution is -0.120. The van der Waals surface area contributed by atoms with Crippen molar-refractivity contribution in [1.82, 2.24) is 10.6 Å². The predicted octanol–water partition coefficient (Wildman–Crippen LogP) is 1.24. The average Bonchev–Trinajstić information content (AvgIpc) is 2.39. The summed E-state index contributed by atoms with van der Waals surface area (Å²) >= 11 is 0. The monoisotopic (exact) mass is 234 g/mol. The van der Waals surface area contributed by atoms with Gasteiger partial charge in [0.2, 0.25) is 5.91 Å². The van der Waals surface area contributed by atoms with E-state index in [9.17, 15) is 4.79 Å². The number of hydrogen-bond donors (Lipinski definition) is 2. The average molecular weight is 234 g/mol. The van der Waals surface area contributed by atoms with Crippen molar-refractivity contribution in [1.29, 1.82) is 0 Å². The molecule has 4 heteroatoms. The van der Waals surface area contributed by atoms with E-state index in [1.807, 2.05) is 18.2 Å². The molecular weight excluding hydrogens is 216 g/mol. The fourth-order valence-electron chi connectivity index (χ4n) is 2.04. The molecule has 0 spiro atoms. The Bertz CT molecular complexity index is 393. The molecule has 1 amide bonds. The summed E-state index contributed by atoms with van der Waals surface area (Å²) in [5, 5.41) is 6.02. The summed E-state index contributed by atoms with van der Waals surface area (Å²) in [6.45, 7) is 1.42. The molecule has 17 heavy (non-hydrogen) atoms. The fourth-order valence-corrected chi connectivity index (χ4v) is 2.04. The van der Waals surface area contributed by atoms with Gasteiger partial charge in [-0.05, 0) is 6.07 Å². The molecule has 2 rings (SSSR count). The second-order valence-corrected chi connectivity index (χ2v) is 4.10. The maximum absolute atomic E-state index is 11.1. The van der Waals surface area contributed by atoms with Crippen LogP contribution in [0.5, 0.6) is 5.75 Å². The molecule has 1 aliphatic heterocycles. The molecule has 1 heterocycles. The van der Waals surface area contributed by atoms with Crippen LogP contribution < -0.4 is 15.4 Å². The first-order valence-electron chi connectivity index (χ1n) is 5.97. The molecule has 1 aromatic carbocycles. The number of nitrogens with one attached hydrogen (secondary N) is 2. The van der Waals surface area contributed by atoms with Crippen LogP contribution >= 0.6 is 0 Å². The van der Waals surface area contributed by atoms with Crippen LogP contribution in [0.25, 0.3) is 0 Å². The SMILES string of the molecule is CNC(=O)CCNC1CCOc2ccccc21. The van der Waals surface area contributed by atoms with E-state index in [2.05, 4.69) is 16.7 Å². The van der Waals surface area contributed by atoms with Gasteiger partial charge in [0, 0.05) is 38.0 Å². The van der Waals surface area contributed by atoms with E-state index in [0.717, 1.165) is 18.8 Å². The zero-order valence-corrected chi connectivity index (χ0v) is 10.0. The van der Waals surface area contributed by atoms with E-state index < -0.39 is 0 Å². The molecule has 0 saturated heterocycles. The summed E-state index contributed by atoms with van der Waals surface area (Å²) < 4.78 is 5.58. The third-order valence-corrected chi connectivity index (χ3v) is 2.98. The summed E-state index contributed by atoms with van der Waals surface area (Å²) in [7, 11) is 1.66. The minimum atomic E-state index is 0.0674. The van der Waals surface area contributed by atoms with Gasteiger partial charge in [-0.1, -0.05) is 18.2 Å². The van der Waals surface area contributed by atoms with Gasteiger partial charge in [-0.3, -0.25) is 4.79 Å². The third-order valence-electron chi connectivity index (χ3n) is 2.98. The topological polar surface area (TPSA) is 50.4 Å². The number of amides is 1. The lowest BCUT2D eigenvalue weighted by Gasteiger charge is -2.26. The zero-order valence-electron chi connectivity index (χ0n) is 10.0. The second kappa shape index (κ2) is 5.68. The Morgan fingerprint density at radius 2 is 2.29 bits per heavy atom. The van der Waals surface area contributed by atoms with Gasteiger partial charge in [-0.2, -0.15) is 0 Å². The Kier molecular flexibility index (Phi) is 3.98. The molecule has 92 valence electrons. The van der Waals surface area contributed by atoms with Gasteiger partial charge in [-0.15, -0.1) is 0 Å². The summed E-state index contributed by atoms with van der Waals surface area (Å²) in [5.74, 6) is 1.02. The Morgan fingerprint density at radius 1 is 1.47 bits per heavy atom. The first-order valence-corrected chi connectivity index (χ1v) is 5.97. The smallest absolute Gasteiger partial charge is 0.221 e. The summed E-state index contributed by atoms with van der Waals surface area (Å²) in [5.41, 5.74) is 1.19. The fraction of sp³-hybridized carbons (Fsp3) is 0.462. The molecule has 1 unspecified atom stereocenters. The number of carbonyl (C=O) groups is 1. The lowest BCUT2D eigenvalue weighted by Crippen LogP contribution is -2.30. The van der Waals surface area contributed by atoms with Crippen LogP contribution in [-0.2, 0) is 4.79 Å². The quantitative estimate of drug-likeness (QED) is 0.824. The minimum absolute atomic E-state index is 0.0674. The molecular formula is C13H18N2O2. The maximum atomic E-state index is 11.1. The minimum Gasteiger partial charge on any atom is -0.493 e. The highest BCUT2D eigenvalue weighted by molar-refractivity contribution is 5.75. The summed E-state index contributed by atoms with van der Waals surface area (Å²) in [6, 6.07) is 8.35. The lowest BCUT2D eigenvalue weighted by atomic mass is 10.0. The van der Waals surface area contributed by atoms with Gasteiger partial charge in [0.05, 0.1) is 6.61 Å². The van der Waals surface area contributed by atoms with Crippen molar-refractivity contribution >= 4 is 5.91 Å². The predicted molar refractivity (Wildman–Crippen MR) is 66.0 cm³/mol. The summed E-state index contributed by atoms with van der Waals surface area (Å²) in [4.78, 5) is 11.1. The van der Waals surface area contributed by atoms with Crippen molar-refractivity contribution in [2.45, 2.75) is 18.9 Å². The number of rotatable bonds is 4. The summed E-state index contributed by atoms with van der Waals surface area (Å²) in [6.07, 6.45) is 1.46. The van der Waals surface area contributed by atoms with Gasteiger partial charge in [0.15, 0.2) is 0 Å². The van der Waals surface area contributed by atoms with Gasteiger partial charge in [-0.25, -0.2) is 0 Å². The highest BCUT2D eigenvalue weighted by Crippen LogP contribution is 2.31. The van der Waals surface area contributed by atoms with Crippen molar-refractivity contribution in [3.05, 3.63) is 29.8 Å².